The quantitative estimate of drug-likeness (QED) is 0.899. The van der Waals surface area contributed by atoms with Crippen molar-refractivity contribution in [1.29, 1.82) is 0 Å². The van der Waals surface area contributed by atoms with Gasteiger partial charge < -0.3 is 10.6 Å². The Morgan fingerprint density at radius 3 is 2.80 bits per heavy atom. The zero-order valence-corrected chi connectivity index (χ0v) is 12.0. The smallest absolute Gasteiger partial charge is 0.217 e. The Morgan fingerprint density at radius 2 is 2.15 bits per heavy atom. The van der Waals surface area contributed by atoms with E-state index in [1.165, 1.54) is 12.1 Å². The van der Waals surface area contributed by atoms with E-state index in [0.717, 1.165) is 38.0 Å². The predicted octanol–water partition coefficient (Wildman–Crippen LogP) is 2.52. The number of hydrogen-bond acceptors (Lipinski definition) is 2. The van der Waals surface area contributed by atoms with Crippen LogP contribution in [0, 0.1) is 11.7 Å². The van der Waals surface area contributed by atoms with E-state index in [2.05, 4.69) is 11.8 Å². The van der Waals surface area contributed by atoms with Gasteiger partial charge in [0.2, 0.25) is 5.91 Å². The molecule has 0 spiro atoms. The summed E-state index contributed by atoms with van der Waals surface area (Å²) < 4.78 is 12.9. The van der Waals surface area contributed by atoms with E-state index in [4.69, 9.17) is 5.73 Å². The highest BCUT2D eigenvalue weighted by molar-refractivity contribution is 5.74. The molecule has 1 aliphatic heterocycles. The fraction of sp³-hybridized carbons (Fsp3) is 0.562. The second-order valence-electron chi connectivity index (χ2n) is 5.89. The average molecular weight is 278 g/mol. The van der Waals surface area contributed by atoms with Crippen LogP contribution in [0.5, 0.6) is 0 Å². The number of halogens is 1. The Kier molecular flexibility index (Phi) is 5.12. The largest absolute Gasteiger partial charge is 0.370 e. The van der Waals surface area contributed by atoms with E-state index in [-0.39, 0.29) is 11.7 Å². The van der Waals surface area contributed by atoms with Crippen LogP contribution in [-0.2, 0) is 4.79 Å². The molecular formula is C16H23FN2O. The third kappa shape index (κ3) is 4.30. The van der Waals surface area contributed by atoms with Gasteiger partial charge in [0, 0.05) is 19.5 Å². The molecule has 0 unspecified atom stereocenters. The maximum absolute atomic E-state index is 12.9. The fourth-order valence-electron chi connectivity index (χ4n) is 3.05. The molecule has 2 N–H and O–H groups in total. The lowest BCUT2D eigenvalue weighted by Gasteiger charge is -2.34. The lowest BCUT2D eigenvalue weighted by Crippen LogP contribution is -2.38. The molecule has 20 heavy (non-hydrogen) atoms. The summed E-state index contributed by atoms with van der Waals surface area (Å²) in [5.41, 5.74) is 6.44. The van der Waals surface area contributed by atoms with E-state index in [1.807, 2.05) is 12.1 Å². The standard InChI is InChI=1S/C16H23FN2O/c1-12(14-4-6-15(17)7-5-14)10-19-8-2-3-13(11-19)9-16(18)20/h4-7,12-13H,2-3,8-11H2,1H3,(H2,18,20)/t12-,13-/m1/s1. The van der Waals surface area contributed by atoms with Gasteiger partial charge in [-0.3, -0.25) is 4.79 Å². The van der Waals surface area contributed by atoms with Gasteiger partial charge in [0.1, 0.15) is 5.82 Å². The Morgan fingerprint density at radius 1 is 1.45 bits per heavy atom. The molecule has 1 saturated heterocycles. The molecule has 1 aromatic rings. The number of rotatable bonds is 5. The van der Waals surface area contributed by atoms with Crippen LogP contribution in [0.3, 0.4) is 0 Å². The summed E-state index contributed by atoms with van der Waals surface area (Å²) in [6.07, 6.45) is 2.69. The second-order valence-corrected chi connectivity index (χ2v) is 5.89. The first kappa shape index (κ1) is 15.0. The van der Waals surface area contributed by atoms with Crippen LogP contribution in [-0.4, -0.2) is 30.4 Å². The predicted molar refractivity (Wildman–Crippen MR) is 77.8 cm³/mol. The molecule has 2 atom stereocenters. The summed E-state index contributed by atoms with van der Waals surface area (Å²) >= 11 is 0. The van der Waals surface area contributed by atoms with Gasteiger partial charge in [0.05, 0.1) is 0 Å². The Labute approximate surface area is 120 Å². The molecule has 0 aliphatic carbocycles. The summed E-state index contributed by atoms with van der Waals surface area (Å²) in [6.45, 7) is 5.11. The van der Waals surface area contributed by atoms with Crippen molar-refractivity contribution in [3.8, 4) is 0 Å². The Bertz CT molecular complexity index is 446. The van der Waals surface area contributed by atoms with Crippen molar-refractivity contribution in [2.75, 3.05) is 19.6 Å². The van der Waals surface area contributed by atoms with Crippen LogP contribution in [0.4, 0.5) is 4.39 Å². The highest BCUT2D eigenvalue weighted by Gasteiger charge is 2.22. The number of piperidine rings is 1. The molecular weight excluding hydrogens is 255 g/mol. The summed E-state index contributed by atoms with van der Waals surface area (Å²) in [7, 11) is 0. The van der Waals surface area contributed by atoms with Crippen LogP contribution < -0.4 is 5.73 Å². The molecule has 0 saturated carbocycles. The maximum Gasteiger partial charge on any atom is 0.217 e. The van der Waals surface area contributed by atoms with Crippen LogP contribution in [0.1, 0.15) is 37.7 Å². The fourth-order valence-corrected chi connectivity index (χ4v) is 3.05. The van der Waals surface area contributed by atoms with E-state index >= 15 is 0 Å². The van der Waals surface area contributed by atoms with Gasteiger partial charge in [0.15, 0.2) is 0 Å². The summed E-state index contributed by atoms with van der Waals surface area (Å²) in [5, 5.41) is 0. The molecule has 1 heterocycles. The first-order valence-corrected chi connectivity index (χ1v) is 7.30. The van der Waals surface area contributed by atoms with Gasteiger partial charge in [0.25, 0.3) is 0 Å². The molecule has 0 radical (unpaired) electrons. The van der Waals surface area contributed by atoms with Gasteiger partial charge >= 0.3 is 0 Å². The Balaban J connectivity index is 1.88. The number of amides is 1. The number of benzene rings is 1. The van der Waals surface area contributed by atoms with Crippen molar-refractivity contribution in [1.82, 2.24) is 4.90 Å². The molecule has 0 aromatic heterocycles. The number of primary amides is 1. The number of likely N-dealkylation sites (tertiary alicyclic amines) is 1. The lowest BCUT2D eigenvalue weighted by atomic mass is 9.93. The van der Waals surface area contributed by atoms with E-state index in [0.29, 0.717) is 18.3 Å². The van der Waals surface area contributed by atoms with Crippen molar-refractivity contribution in [2.24, 2.45) is 11.7 Å². The monoisotopic (exact) mass is 278 g/mol. The molecule has 0 bridgehead atoms. The van der Waals surface area contributed by atoms with Crippen molar-refractivity contribution in [3.63, 3.8) is 0 Å². The van der Waals surface area contributed by atoms with E-state index in [1.54, 1.807) is 0 Å². The van der Waals surface area contributed by atoms with Gasteiger partial charge in [-0.25, -0.2) is 4.39 Å². The maximum atomic E-state index is 12.9. The number of nitrogens with zero attached hydrogens (tertiary/aromatic N) is 1. The Hall–Kier alpha value is -1.42. The van der Waals surface area contributed by atoms with Gasteiger partial charge in [-0.15, -0.1) is 0 Å². The molecule has 110 valence electrons. The lowest BCUT2D eigenvalue weighted by molar-refractivity contribution is -0.119. The molecule has 1 amide bonds. The first-order chi connectivity index (χ1) is 9.54. The summed E-state index contributed by atoms with van der Waals surface area (Å²) in [4.78, 5) is 13.4. The third-order valence-corrected chi connectivity index (χ3v) is 4.06. The number of nitrogens with two attached hydrogens (primary N) is 1. The molecule has 2 rings (SSSR count). The molecule has 1 aromatic carbocycles. The first-order valence-electron chi connectivity index (χ1n) is 7.30. The molecule has 4 heteroatoms. The topological polar surface area (TPSA) is 46.3 Å². The number of carbonyl (C=O) groups is 1. The van der Waals surface area contributed by atoms with Crippen molar-refractivity contribution >= 4 is 5.91 Å². The minimum atomic E-state index is -0.205. The molecule has 1 aliphatic rings. The molecule has 3 nitrogen and oxygen atoms in total. The van der Waals surface area contributed by atoms with Crippen molar-refractivity contribution in [2.45, 2.75) is 32.1 Å². The minimum absolute atomic E-state index is 0.194. The summed E-state index contributed by atoms with van der Waals surface area (Å²) in [6, 6.07) is 6.73. The highest BCUT2D eigenvalue weighted by Crippen LogP contribution is 2.23. The number of carbonyl (C=O) groups excluding carboxylic acids is 1. The minimum Gasteiger partial charge on any atom is -0.370 e. The molecule has 1 fully saturated rings. The van der Waals surface area contributed by atoms with E-state index in [9.17, 15) is 9.18 Å². The van der Waals surface area contributed by atoms with Crippen LogP contribution in [0.15, 0.2) is 24.3 Å². The van der Waals surface area contributed by atoms with Crippen molar-refractivity contribution in [3.05, 3.63) is 35.6 Å². The third-order valence-electron chi connectivity index (χ3n) is 4.06. The zero-order valence-electron chi connectivity index (χ0n) is 12.0. The van der Waals surface area contributed by atoms with Crippen molar-refractivity contribution < 1.29 is 9.18 Å². The van der Waals surface area contributed by atoms with Crippen LogP contribution >= 0.6 is 0 Å². The average Bonchev–Trinajstić information content (AvgIpc) is 2.39. The SMILES string of the molecule is C[C@H](CN1CCC[C@H](CC(N)=O)C1)c1ccc(F)cc1. The van der Waals surface area contributed by atoms with E-state index < -0.39 is 0 Å². The second kappa shape index (κ2) is 6.84. The summed E-state index contributed by atoms with van der Waals surface area (Å²) in [5.74, 6) is 0.355. The zero-order chi connectivity index (χ0) is 14.5. The van der Waals surface area contributed by atoms with Gasteiger partial charge in [-0.05, 0) is 48.9 Å². The van der Waals surface area contributed by atoms with Crippen LogP contribution in [0.25, 0.3) is 0 Å². The van der Waals surface area contributed by atoms with Crippen LogP contribution in [0.2, 0.25) is 0 Å². The normalized spacial score (nSPS) is 21.6. The van der Waals surface area contributed by atoms with Gasteiger partial charge in [-0.2, -0.15) is 0 Å². The highest BCUT2D eigenvalue weighted by atomic mass is 19.1. The number of hydrogen-bond donors (Lipinski definition) is 1. The van der Waals surface area contributed by atoms with Gasteiger partial charge in [-0.1, -0.05) is 19.1 Å².